The normalized spacial score (nSPS) is 18.2. The van der Waals surface area contributed by atoms with Gasteiger partial charge in [-0.3, -0.25) is 10.2 Å². The number of hydrogen-bond acceptors (Lipinski definition) is 2. The van der Waals surface area contributed by atoms with Crippen LogP contribution in [0, 0.1) is 5.41 Å². The molecule has 158 valence electrons. The molecule has 0 bridgehead atoms. The van der Waals surface area contributed by atoms with Gasteiger partial charge >= 0.3 is 6.18 Å². The Bertz CT molecular complexity index is 876. The fraction of sp³-hybridized carbons (Fsp3) is 0.522. The second-order valence-electron chi connectivity index (χ2n) is 8.57. The number of benzene rings is 2. The summed E-state index contributed by atoms with van der Waals surface area (Å²) in [4.78, 5) is 12.2. The van der Waals surface area contributed by atoms with Crippen molar-refractivity contribution in [1.82, 2.24) is 10.4 Å². The molecule has 1 heterocycles. The highest BCUT2D eigenvalue weighted by molar-refractivity contribution is 5.88. The maximum Gasteiger partial charge on any atom is 0.409 e. The van der Waals surface area contributed by atoms with E-state index >= 15 is 0 Å². The Labute approximate surface area is 170 Å². The number of halogens is 3. The van der Waals surface area contributed by atoms with Gasteiger partial charge in [-0.1, -0.05) is 62.6 Å². The molecule has 1 N–H and O–H groups in total. The molecule has 1 amide bonds. The van der Waals surface area contributed by atoms with Crippen LogP contribution in [0.3, 0.4) is 0 Å². The first-order chi connectivity index (χ1) is 13.6. The van der Waals surface area contributed by atoms with E-state index in [1.54, 1.807) is 26.0 Å². The number of amides is 1. The molecule has 3 nitrogen and oxygen atoms in total. The lowest BCUT2D eigenvalue weighted by Gasteiger charge is -2.32. The molecule has 3 rings (SSSR count). The molecule has 0 spiro atoms. The van der Waals surface area contributed by atoms with Crippen molar-refractivity contribution in [1.29, 1.82) is 0 Å². The third-order valence-electron chi connectivity index (χ3n) is 5.68. The van der Waals surface area contributed by atoms with Gasteiger partial charge in [0.25, 0.3) is 0 Å². The van der Waals surface area contributed by atoms with E-state index in [4.69, 9.17) is 0 Å². The first kappa shape index (κ1) is 21.6. The number of aryl methyl sites for hydroxylation is 1. The molecule has 0 aromatic heterocycles. The second-order valence-corrected chi connectivity index (χ2v) is 8.57. The maximum atomic E-state index is 14.4. The number of fused-ring (bicyclic) bond motifs is 1. The molecule has 1 atom stereocenters. The summed E-state index contributed by atoms with van der Waals surface area (Å²) in [5.41, 5.74) is 2.60. The Kier molecular flexibility index (Phi) is 6.22. The monoisotopic (exact) mass is 406 g/mol. The molecule has 0 unspecified atom stereocenters. The van der Waals surface area contributed by atoms with Crippen molar-refractivity contribution in [3.05, 3.63) is 47.5 Å². The lowest BCUT2D eigenvalue weighted by molar-refractivity contribution is -0.191. The number of alkyl halides is 3. The fourth-order valence-corrected chi connectivity index (χ4v) is 4.09. The highest BCUT2D eigenvalue weighted by Gasteiger charge is 2.52. The summed E-state index contributed by atoms with van der Waals surface area (Å²) < 4.78 is 43.2. The van der Waals surface area contributed by atoms with Gasteiger partial charge in [-0.05, 0) is 48.6 Å². The highest BCUT2D eigenvalue weighted by atomic mass is 19.4. The second kappa shape index (κ2) is 8.34. The zero-order chi connectivity index (χ0) is 21.2. The number of carbonyl (C=O) groups is 1. The molecule has 6 heteroatoms. The zero-order valence-electron chi connectivity index (χ0n) is 17.3. The molecule has 29 heavy (non-hydrogen) atoms. The summed E-state index contributed by atoms with van der Waals surface area (Å²) in [5, 5.41) is 2.46. The van der Waals surface area contributed by atoms with Crippen LogP contribution in [0.25, 0.3) is 10.8 Å². The number of hydrazine groups is 1. The van der Waals surface area contributed by atoms with Crippen molar-refractivity contribution in [2.45, 2.75) is 65.1 Å². The molecule has 0 saturated carbocycles. The van der Waals surface area contributed by atoms with E-state index in [9.17, 15) is 18.0 Å². The van der Waals surface area contributed by atoms with Crippen LogP contribution in [0.2, 0.25) is 0 Å². The Hall–Kier alpha value is -2.08. The number of rotatable bonds is 7. The number of nitrogens with one attached hydrogen (secondary N) is 1. The highest BCUT2D eigenvalue weighted by Crippen LogP contribution is 2.44. The Balaban J connectivity index is 2.10. The van der Waals surface area contributed by atoms with Crippen LogP contribution in [0.4, 0.5) is 13.2 Å². The van der Waals surface area contributed by atoms with E-state index in [-0.39, 0.29) is 18.0 Å². The summed E-state index contributed by atoms with van der Waals surface area (Å²) in [7, 11) is 0. The Morgan fingerprint density at radius 1 is 1.10 bits per heavy atom. The van der Waals surface area contributed by atoms with Crippen molar-refractivity contribution in [3.8, 4) is 0 Å². The topological polar surface area (TPSA) is 32.3 Å². The van der Waals surface area contributed by atoms with Crippen LogP contribution < -0.4 is 5.43 Å². The van der Waals surface area contributed by atoms with E-state index in [2.05, 4.69) is 12.3 Å². The number of hydrogen-bond donors (Lipinski definition) is 1. The third-order valence-corrected chi connectivity index (χ3v) is 5.68. The van der Waals surface area contributed by atoms with Gasteiger partial charge in [0.05, 0.1) is 5.41 Å². The zero-order valence-corrected chi connectivity index (χ0v) is 17.3. The van der Waals surface area contributed by atoms with Crippen LogP contribution in [0.1, 0.15) is 63.6 Å². The average molecular weight is 406 g/mol. The SMILES string of the molecule is CCCCCCc1ccc2ccccc2c1[C@H](N1CC(C)(C)C(=O)N1)C(F)(F)F. The van der Waals surface area contributed by atoms with Crippen LogP contribution in [0.15, 0.2) is 36.4 Å². The van der Waals surface area contributed by atoms with Crippen molar-refractivity contribution >= 4 is 16.7 Å². The van der Waals surface area contributed by atoms with Gasteiger partial charge in [0.15, 0.2) is 6.04 Å². The summed E-state index contributed by atoms with van der Waals surface area (Å²) >= 11 is 0. The molecule has 1 saturated heterocycles. The quantitative estimate of drug-likeness (QED) is 0.577. The van der Waals surface area contributed by atoms with Crippen LogP contribution in [-0.4, -0.2) is 23.6 Å². The first-order valence-electron chi connectivity index (χ1n) is 10.3. The van der Waals surface area contributed by atoms with Crippen molar-refractivity contribution in [2.24, 2.45) is 5.41 Å². The fourth-order valence-electron chi connectivity index (χ4n) is 4.09. The van der Waals surface area contributed by atoms with Crippen LogP contribution in [0.5, 0.6) is 0 Å². The molecular weight excluding hydrogens is 377 g/mol. The van der Waals surface area contributed by atoms with Gasteiger partial charge < -0.3 is 0 Å². The standard InChI is InChI=1S/C23H29F3N2O/c1-4-5-6-7-11-17-14-13-16-10-8-9-12-18(16)19(17)20(23(24,25)26)28-15-22(2,3)21(29)27-28/h8-10,12-14,20H,4-7,11,15H2,1-3H3,(H,27,29)/t20-/m0/s1. The summed E-state index contributed by atoms with van der Waals surface area (Å²) in [5.74, 6) is -0.378. The third kappa shape index (κ3) is 4.58. The minimum Gasteiger partial charge on any atom is -0.287 e. The number of unbranched alkanes of at least 4 members (excludes halogenated alkanes) is 3. The van der Waals surface area contributed by atoms with Gasteiger partial charge in [-0.25, -0.2) is 5.01 Å². The maximum absolute atomic E-state index is 14.4. The number of carbonyl (C=O) groups excluding carboxylic acids is 1. The summed E-state index contributed by atoms with van der Waals surface area (Å²) in [6.45, 7) is 5.46. The summed E-state index contributed by atoms with van der Waals surface area (Å²) in [6, 6.07) is 9.03. The van der Waals surface area contributed by atoms with Gasteiger partial charge in [0, 0.05) is 6.54 Å². The first-order valence-corrected chi connectivity index (χ1v) is 10.3. The minimum absolute atomic E-state index is 0.00844. The molecule has 1 aliphatic rings. The van der Waals surface area contributed by atoms with Gasteiger partial charge in [-0.2, -0.15) is 13.2 Å². The van der Waals surface area contributed by atoms with Gasteiger partial charge in [0.2, 0.25) is 5.91 Å². The van der Waals surface area contributed by atoms with Gasteiger partial charge in [-0.15, -0.1) is 0 Å². The largest absolute Gasteiger partial charge is 0.409 e. The van der Waals surface area contributed by atoms with Crippen molar-refractivity contribution in [3.63, 3.8) is 0 Å². The molecule has 1 aliphatic heterocycles. The van der Waals surface area contributed by atoms with E-state index in [1.165, 1.54) is 0 Å². The predicted molar refractivity (Wildman–Crippen MR) is 109 cm³/mol. The molecule has 0 radical (unpaired) electrons. The Morgan fingerprint density at radius 2 is 1.83 bits per heavy atom. The number of nitrogens with zero attached hydrogens (tertiary/aromatic N) is 1. The Morgan fingerprint density at radius 3 is 2.45 bits per heavy atom. The van der Waals surface area contributed by atoms with Crippen LogP contribution in [-0.2, 0) is 11.2 Å². The molecule has 1 fully saturated rings. The van der Waals surface area contributed by atoms with Crippen LogP contribution >= 0.6 is 0 Å². The summed E-state index contributed by atoms with van der Waals surface area (Å²) in [6.07, 6.45) is 0.0646. The molecule has 2 aromatic carbocycles. The van der Waals surface area contributed by atoms with Crippen molar-refractivity contribution < 1.29 is 18.0 Å². The average Bonchev–Trinajstić information content (AvgIpc) is 2.91. The van der Waals surface area contributed by atoms with E-state index in [1.807, 2.05) is 24.3 Å². The lowest BCUT2D eigenvalue weighted by atomic mass is 9.89. The molecule has 0 aliphatic carbocycles. The predicted octanol–water partition coefficient (Wildman–Crippen LogP) is 5.94. The van der Waals surface area contributed by atoms with E-state index in [0.29, 0.717) is 17.4 Å². The lowest BCUT2D eigenvalue weighted by Crippen LogP contribution is -2.44. The minimum atomic E-state index is -4.52. The van der Waals surface area contributed by atoms with Gasteiger partial charge in [0.1, 0.15) is 0 Å². The molecule has 2 aromatic rings. The van der Waals surface area contributed by atoms with E-state index < -0.39 is 17.6 Å². The molecular formula is C23H29F3N2O. The van der Waals surface area contributed by atoms with Crippen molar-refractivity contribution in [2.75, 3.05) is 6.54 Å². The van der Waals surface area contributed by atoms with E-state index in [0.717, 1.165) is 36.1 Å². The smallest absolute Gasteiger partial charge is 0.287 e.